The summed E-state index contributed by atoms with van der Waals surface area (Å²) in [5.74, 6) is 0.319. The van der Waals surface area contributed by atoms with Gasteiger partial charge in [-0.2, -0.15) is 4.98 Å². The summed E-state index contributed by atoms with van der Waals surface area (Å²) in [5.41, 5.74) is 6.71. The van der Waals surface area contributed by atoms with Crippen molar-refractivity contribution in [3.8, 4) is 0 Å². The minimum atomic E-state index is -0.524. The van der Waals surface area contributed by atoms with Crippen LogP contribution in [0.2, 0.25) is 0 Å². The number of benzene rings is 1. The lowest BCUT2D eigenvalue weighted by Crippen LogP contribution is -2.17. The van der Waals surface area contributed by atoms with Gasteiger partial charge in [-0.25, -0.2) is 0 Å². The molecule has 0 aliphatic heterocycles. The van der Waals surface area contributed by atoms with Crippen molar-refractivity contribution in [3.63, 3.8) is 0 Å². The quantitative estimate of drug-likeness (QED) is 0.874. The van der Waals surface area contributed by atoms with Crippen molar-refractivity contribution in [2.45, 2.75) is 46.0 Å². The lowest BCUT2D eigenvalue weighted by molar-refractivity contribution is -0.116. The molecule has 0 saturated heterocycles. The Morgan fingerprint density at radius 3 is 2.58 bits per heavy atom. The van der Waals surface area contributed by atoms with Gasteiger partial charge in [-0.3, -0.25) is 9.59 Å². The second kappa shape index (κ2) is 6.82. The largest absolute Gasteiger partial charge is 0.366 e. The van der Waals surface area contributed by atoms with E-state index in [9.17, 15) is 9.59 Å². The molecule has 2 amide bonds. The highest BCUT2D eigenvalue weighted by Gasteiger charge is 2.21. The monoisotopic (exact) mass is 330 g/mol. The molecule has 7 heteroatoms. The van der Waals surface area contributed by atoms with E-state index >= 15 is 0 Å². The Morgan fingerprint density at radius 1 is 1.29 bits per heavy atom. The van der Waals surface area contributed by atoms with Gasteiger partial charge in [0.25, 0.3) is 0 Å². The maximum Gasteiger partial charge on any atom is 0.249 e. The van der Waals surface area contributed by atoms with Crippen LogP contribution in [0.3, 0.4) is 0 Å². The average molecular weight is 330 g/mol. The third-order valence-electron chi connectivity index (χ3n) is 3.58. The van der Waals surface area contributed by atoms with Crippen molar-refractivity contribution in [3.05, 3.63) is 41.0 Å². The summed E-state index contributed by atoms with van der Waals surface area (Å²) < 4.78 is 5.16. The number of hydrogen-bond acceptors (Lipinski definition) is 5. The molecule has 0 saturated carbocycles. The van der Waals surface area contributed by atoms with Crippen LogP contribution in [0.5, 0.6) is 0 Å². The zero-order valence-corrected chi connectivity index (χ0v) is 14.3. The fraction of sp³-hybridized carbons (Fsp3) is 0.412. The van der Waals surface area contributed by atoms with Crippen LogP contribution in [-0.4, -0.2) is 22.0 Å². The smallest absolute Gasteiger partial charge is 0.249 e. The van der Waals surface area contributed by atoms with Gasteiger partial charge in [-0.15, -0.1) is 0 Å². The zero-order chi connectivity index (χ0) is 17.9. The molecule has 0 unspecified atom stereocenters. The Kier molecular flexibility index (Phi) is 5.02. The Balaban J connectivity index is 1.98. The summed E-state index contributed by atoms with van der Waals surface area (Å²) in [5, 5.41) is 6.70. The summed E-state index contributed by atoms with van der Waals surface area (Å²) in [7, 11) is 0. The third-order valence-corrected chi connectivity index (χ3v) is 3.58. The number of nitrogens with two attached hydrogens (primary N) is 1. The molecule has 0 spiro atoms. The van der Waals surface area contributed by atoms with E-state index in [1.165, 1.54) is 0 Å². The van der Waals surface area contributed by atoms with Crippen LogP contribution in [0.25, 0.3) is 0 Å². The van der Waals surface area contributed by atoms with E-state index in [4.69, 9.17) is 10.3 Å². The number of nitrogens with zero attached hydrogens (tertiary/aromatic N) is 2. The van der Waals surface area contributed by atoms with Gasteiger partial charge < -0.3 is 15.6 Å². The second-order valence-electron chi connectivity index (χ2n) is 6.65. The van der Waals surface area contributed by atoms with Gasteiger partial charge in [0.05, 0.1) is 0 Å². The van der Waals surface area contributed by atoms with E-state index in [1.54, 1.807) is 25.1 Å². The Hall–Kier alpha value is -2.70. The molecule has 0 atom stereocenters. The Labute approximate surface area is 140 Å². The predicted molar refractivity (Wildman–Crippen MR) is 89.6 cm³/mol. The number of carbonyl (C=O) groups is 2. The molecule has 0 bridgehead atoms. The first-order valence-electron chi connectivity index (χ1n) is 7.71. The first kappa shape index (κ1) is 17.7. The van der Waals surface area contributed by atoms with Gasteiger partial charge in [-0.05, 0) is 24.6 Å². The molecule has 1 heterocycles. The van der Waals surface area contributed by atoms with Crippen molar-refractivity contribution in [2.24, 2.45) is 5.73 Å². The van der Waals surface area contributed by atoms with Crippen LogP contribution in [-0.2, 0) is 16.6 Å². The van der Waals surface area contributed by atoms with Crippen LogP contribution >= 0.6 is 0 Å². The summed E-state index contributed by atoms with van der Waals surface area (Å²) in [6.07, 6.45) is 0.551. The number of aryl methyl sites for hydroxylation is 1. The van der Waals surface area contributed by atoms with Crippen LogP contribution in [0.15, 0.2) is 22.7 Å². The van der Waals surface area contributed by atoms with Crippen molar-refractivity contribution >= 4 is 17.5 Å². The van der Waals surface area contributed by atoms with E-state index in [-0.39, 0.29) is 17.7 Å². The first-order chi connectivity index (χ1) is 11.2. The van der Waals surface area contributed by atoms with E-state index in [2.05, 4.69) is 15.5 Å². The highest BCUT2D eigenvalue weighted by atomic mass is 16.5. The molecule has 2 rings (SSSR count). The first-order valence-corrected chi connectivity index (χ1v) is 7.71. The molecular weight excluding hydrogens is 308 g/mol. The number of amides is 2. The normalized spacial score (nSPS) is 11.3. The highest BCUT2D eigenvalue weighted by Crippen LogP contribution is 2.20. The molecule has 7 nitrogen and oxygen atoms in total. The van der Waals surface area contributed by atoms with Crippen molar-refractivity contribution in [2.75, 3.05) is 5.32 Å². The lowest BCUT2D eigenvalue weighted by Gasteiger charge is -2.11. The maximum atomic E-state index is 12.1. The van der Waals surface area contributed by atoms with E-state index in [0.29, 0.717) is 35.0 Å². The summed E-state index contributed by atoms with van der Waals surface area (Å²) in [6, 6.07) is 5.03. The van der Waals surface area contributed by atoms with Crippen molar-refractivity contribution in [1.29, 1.82) is 0 Å². The molecule has 1 aromatic heterocycles. The van der Waals surface area contributed by atoms with Crippen LogP contribution < -0.4 is 11.1 Å². The van der Waals surface area contributed by atoms with Gasteiger partial charge in [0.15, 0.2) is 5.82 Å². The molecule has 0 aliphatic rings. The SMILES string of the molecule is Cc1c(NC(=O)CCc2nc(C(C)(C)C)no2)cccc1C(N)=O. The van der Waals surface area contributed by atoms with Crippen LogP contribution in [0.1, 0.15) is 54.8 Å². The Bertz CT molecular complexity index is 759. The molecule has 2 aromatic rings. The van der Waals surface area contributed by atoms with E-state index in [1.807, 2.05) is 20.8 Å². The summed E-state index contributed by atoms with van der Waals surface area (Å²) >= 11 is 0. The third kappa shape index (κ3) is 4.18. The topological polar surface area (TPSA) is 111 Å². The van der Waals surface area contributed by atoms with Gasteiger partial charge in [-0.1, -0.05) is 32.0 Å². The number of anilines is 1. The average Bonchev–Trinajstić information content (AvgIpc) is 2.96. The number of rotatable bonds is 5. The van der Waals surface area contributed by atoms with E-state index < -0.39 is 5.91 Å². The molecule has 128 valence electrons. The number of primary amides is 1. The van der Waals surface area contributed by atoms with Crippen LogP contribution in [0.4, 0.5) is 5.69 Å². The van der Waals surface area contributed by atoms with Crippen molar-refractivity contribution < 1.29 is 14.1 Å². The second-order valence-corrected chi connectivity index (χ2v) is 6.65. The van der Waals surface area contributed by atoms with Gasteiger partial charge >= 0.3 is 0 Å². The standard InChI is InChI=1S/C17H22N4O3/c1-10-11(15(18)23)6-5-7-12(10)19-13(22)8-9-14-20-16(21-24-14)17(2,3)4/h5-7H,8-9H2,1-4H3,(H2,18,23)(H,19,22). The number of hydrogen-bond donors (Lipinski definition) is 2. The number of nitrogens with one attached hydrogen (secondary N) is 1. The molecular formula is C17H22N4O3. The van der Waals surface area contributed by atoms with Gasteiger partial charge in [0.2, 0.25) is 17.7 Å². The molecule has 3 N–H and O–H groups in total. The highest BCUT2D eigenvalue weighted by molar-refractivity contribution is 5.98. The van der Waals surface area contributed by atoms with Crippen molar-refractivity contribution in [1.82, 2.24) is 10.1 Å². The predicted octanol–water partition coefficient (Wildman–Crippen LogP) is 2.35. The van der Waals surface area contributed by atoms with Gasteiger partial charge in [0, 0.05) is 29.5 Å². The molecule has 24 heavy (non-hydrogen) atoms. The molecule has 0 aliphatic carbocycles. The zero-order valence-electron chi connectivity index (χ0n) is 14.3. The van der Waals surface area contributed by atoms with Crippen LogP contribution in [0, 0.1) is 6.92 Å². The number of aromatic nitrogens is 2. The fourth-order valence-corrected chi connectivity index (χ4v) is 2.13. The minimum Gasteiger partial charge on any atom is -0.366 e. The minimum absolute atomic E-state index is 0.198. The number of carbonyl (C=O) groups excluding carboxylic acids is 2. The van der Waals surface area contributed by atoms with E-state index in [0.717, 1.165) is 0 Å². The molecule has 0 radical (unpaired) electrons. The fourth-order valence-electron chi connectivity index (χ4n) is 2.13. The molecule has 0 fully saturated rings. The Morgan fingerprint density at radius 2 is 2.00 bits per heavy atom. The van der Waals surface area contributed by atoms with Gasteiger partial charge in [0.1, 0.15) is 0 Å². The summed E-state index contributed by atoms with van der Waals surface area (Å²) in [4.78, 5) is 27.7. The molecule has 1 aromatic carbocycles. The summed E-state index contributed by atoms with van der Waals surface area (Å²) in [6.45, 7) is 7.71. The lowest BCUT2D eigenvalue weighted by atomic mass is 9.96. The maximum absolute atomic E-state index is 12.1.